The van der Waals surface area contributed by atoms with Crippen LogP contribution in [-0.2, 0) is 9.59 Å². The van der Waals surface area contributed by atoms with Gasteiger partial charge in [-0.2, -0.15) is 0 Å². The predicted molar refractivity (Wildman–Crippen MR) is 64.7 cm³/mol. The van der Waals surface area contributed by atoms with Crippen LogP contribution in [0.5, 0.6) is 0 Å². The van der Waals surface area contributed by atoms with E-state index in [4.69, 9.17) is 5.73 Å². The summed E-state index contributed by atoms with van der Waals surface area (Å²) in [6.07, 6.45) is 4.16. The molecule has 0 aliphatic carbocycles. The SMILES string of the molecule is Nc1ccc(C2CCC(=O)NC2=O)n2cncc12. The van der Waals surface area contributed by atoms with E-state index >= 15 is 0 Å². The molecule has 6 nitrogen and oxygen atoms in total. The normalized spacial score (nSPS) is 20.1. The first-order valence-corrected chi connectivity index (χ1v) is 5.71. The number of pyridine rings is 1. The Hall–Kier alpha value is -2.37. The third-order valence-corrected chi connectivity index (χ3v) is 3.24. The highest BCUT2D eigenvalue weighted by molar-refractivity contribution is 6.00. The number of carbonyl (C=O) groups excluding carboxylic acids is 2. The Morgan fingerprint density at radius 2 is 2.22 bits per heavy atom. The molecule has 1 fully saturated rings. The topological polar surface area (TPSA) is 89.5 Å². The van der Waals surface area contributed by atoms with Crippen LogP contribution in [0.2, 0.25) is 0 Å². The average Bonchev–Trinajstić information content (AvgIpc) is 2.81. The van der Waals surface area contributed by atoms with Gasteiger partial charge in [-0.05, 0) is 18.6 Å². The van der Waals surface area contributed by atoms with Crippen LogP contribution in [0.1, 0.15) is 24.5 Å². The quantitative estimate of drug-likeness (QED) is 0.712. The molecule has 1 saturated heterocycles. The van der Waals surface area contributed by atoms with Crippen LogP contribution in [0.25, 0.3) is 5.52 Å². The van der Waals surface area contributed by atoms with Crippen LogP contribution in [0.3, 0.4) is 0 Å². The van der Waals surface area contributed by atoms with Crippen molar-refractivity contribution in [3.63, 3.8) is 0 Å². The van der Waals surface area contributed by atoms with Gasteiger partial charge in [0, 0.05) is 12.1 Å². The fraction of sp³-hybridized carbons (Fsp3) is 0.250. The maximum absolute atomic E-state index is 11.9. The molecule has 0 radical (unpaired) electrons. The standard InChI is InChI=1S/C12H12N4O2/c13-8-2-3-9(16-6-14-5-10(8)16)7-1-4-11(17)15-12(7)18/h2-3,5-7H,1,4,13H2,(H,15,17,18). The van der Waals surface area contributed by atoms with Crippen LogP contribution in [0.15, 0.2) is 24.7 Å². The van der Waals surface area contributed by atoms with E-state index in [-0.39, 0.29) is 17.7 Å². The number of hydrogen-bond acceptors (Lipinski definition) is 4. The highest BCUT2D eigenvalue weighted by atomic mass is 16.2. The first kappa shape index (κ1) is 10.8. The number of aromatic nitrogens is 2. The molecule has 2 aromatic rings. The van der Waals surface area contributed by atoms with Crippen molar-refractivity contribution in [3.8, 4) is 0 Å². The van der Waals surface area contributed by atoms with Crippen molar-refractivity contribution in [1.29, 1.82) is 0 Å². The first-order chi connectivity index (χ1) is 8.66. The van der Waals surface area contributed by atoms with Gasteiger partial charge in [-0.25, -0.2) is 4.98 Å². The number of amides is 2. The summed E-state index contributed by atoms with van der Waals surface area (Å²) in [5.41, 5.74) is 8.04. The first-order valence-electron chi connectivity index (χ1n) is 5.71. The Morgan fingerprint density at radius 1 is 1.39 bits per heavy atom. The molecular weight excluding hydrogens is 232 g/mol. The zero-order valence-electron chi connectivity index (χ0n) is 9.59. The number of carbonyl (C=O) groups is 2. The lowest BCUT2D eigenvalue weighted by Gasteiger charge is -2.22. The summed E-state index contributed by atoms with van der Waals surface area (Å²) < 4.78 is 1.80. The molecule has 92 valence electrons. The summed E-state index contributed by atoms with van der Waals surface area (Å²) in [5, 5.41) is 2.36. The molecular formula is C12H12N4O2. The maximum Gasteiger partial charge on any atom is 0.235 e. The highest BCUT2D eigenvalue weighted by Crippen LogP contribution is 2.27. The van der Waals surface area contributed by atoms with Crippen LogP contribution in [0.4, 0.5) is 5.69 Å². The minimum atomic E-state index is -0.333. The lowest BCUT2D eigenvalue weighted by Crippen LogP contribution is -2.40. The van der Waals surface area contributed by atoms with E-state index in [2.05, 4.69) is 10.3 Å². The van der Waals surface area contributed by atoms with E-state index in [0.29, 0.717) is 18.5 Å². The number of imide groups is 1. The second kappa shape index (κ2) is 3.83. The van der Waals surface area contributed by atoms with Gasteiger partial charge in [-0.1, -0.05) is 0 Å². The number of anilines is 1. The number of hydrogen-bond donors (Lipinski definition) is 2. The van der Waals surface area contributed by atoms with Gasteiger partial charge in [0.1, 0.15) is 0 Å². The van der Waals surface area contributed by atoms with E-state index in [1.165, 1.54) is 0 Å². The fourth-order valence-electron chi connectivity index (χ4n) is 2.32. The number of nitrogens with zero attached hydrogens (tertiary/aromatic N) is 2. The van der Waals surface area contributed by atoms with Gasteiger partial charge in [0.2, 0.25) is 11.8 Å². The fourth-order valence-corrected chi connectivity index (χ4v) is 2.32. The van der Waals surface area contributed by atoms with Crippen LogP contribution in [-0.4, -0.2) is 21.2 Å². The van der Waals surface area contributed by atoms with Gasteiger partial charge in [0.15, 0.2) is 0 Å². The van der Waals surface area contributed by atoms with Crippen molar-refractivity contribution in [1.82, 2.24) is 14.7 Å². The van der Waals surface area contributed by atoms with E-state index < -0.39 is 0 Å². The molecule has 1 aliphatic rings. The summed E-state index contributed by atoms with van der Waals surface area (Å²) in [6, 6.07) is 3.57. The monoisotopic (exact) mass is 244 g/mol. The minimum Gasteiger partial charge on any atom is -0.397 e. The molecule has 3 rings (SSSR count). The third kappa shape index (κ3) is 1.54. The van der Waals surface area contributed by atoms with Crippen molar-refractivity contribution in [3.05, 3.63) is 30.4 Å². The van der Waals surface area contributed by atoms with Crippen LogP contribution < -0.4 is 11.1 Å². The van der Waals surface area contributed by atoms with Gasteiger partial charge in [0.05, 0.1) is 29.6 Å². The third-order valence-electron chi connectivity index (χ3n) is 3.24. The van der Waals surface area contributed by atoms with Crippen molar-refractivity contribution in [2.75, 3.05) is 5.73 Å². The summed E-state index contributed by atoms with van der Waals surface area (Å²) >= 11 is 0. The zero-order valence-corrected chi connectivity index (χ0v) is 9.59. The molecule has 18 heavy (non-hydrogen) atoms. The van der Waals surface area contributed by atoms with Gasteiger partial charge in [0.25, 0.3) is 0 Å². The Kier molecular flexibility index (Phi) is 2.29. The molecule has 2 amide bonds. The van der Waals surface area contributed by atoms with Crippen molar-refractivity contribution >= 4 is 23.0 Å². The Labute approximate surface area is 103 Å². The number of fused-ring (bicyclic) bond motifs is 1. The van der Waals surface area contributed by atoms with E-state index in [9.17, 15) is 9.59 Å². The highest BCUT2D eigenvalue weighted by Gasteiger charge is 2.29. The summed E-state index contributed by atoms with van der Waals surface area (Å²) in [5.74, 6) is -0.806. The predicted octanol–water partition coefficient (Wildman–Crippen LogP) is 0.437. The van der Waals surface area contributed by atoms with Crippen molar-refractivity contribution in [2.24, 2.45) is 0 Å². The summed E-state index contributed by atoms with van der Waals surface area (Å²) in [6.45, 7) is 0. The zero-order chi connectivity index (χ0) is 12.7. The molecule has 0 saturated carbocycles. The number of imidazole rings is 1. The molecule has 1 unspecified atom stereocenters. The Balaban J connectivity index is 2.09. The largest absolute Gasteiger partial charge is 0.397 e. The molecule has 0 aromatic carbocycles. The van der Waals surface area contributed by atoms with Gasteiger partial charge >= 0.3 is 0 Å². The number of piperidine rings is 1. The average molecular weight is 244 g/mol. The molecule has 3 heterocycles. The minimum absolute atomic E-state index is 0.214. The number of nitrogens with one attached hydrogen (secondary N) is 1. The molecule has 6 heteroatoms. The number of nitrogens with two attached hydrogens (primary N) is 1. The second-order valence-corrected chi connectivity index (χ2v) is 4.37. The molecule has 3 N–H and O–H groups in total. The van der Waals surface area contributed by atoms with Gasteiger partial charge in [-0.3, -0.25) is 14.9 Å². The summed E-state index contributed by atoms with van der Waals surface area (Å²) in [7, 11) is 0. The van der Waals surface area contributed by atoms with Crippen molar-refractivity contribution in [2.45, 2.75) is 18.8 Å². The molecule has 0 bridgehead atoms. The number of rotatable bonds is 1. The van der Waals surface area contributed by atoms with E-state index in [1.54, 1.807) is 23.0 Å². The van der Waals surface area contributed by atoms with Crippen molar-refractivity contribution < 1.29 is 9.59 Å². The lowest BCUT2D eigenvalue weighted by molar-refractivity contribution is -0.134. The Morgan fingerprint density at radius 3 is 3.00 bits per heavy atom. The molecule has 1 atom stereocenters. The second-order valence-electron chi connectivity index (χ2n) is 4.37. The summed E-state index contributed by atoms with van der Waals surface area (Å²) in [4.78, 5) is 27.0. The molecule has 1 aliphatic heterocycles. The van der Waals surface area contributed by atoms with Crippen LogP contribution in [0, 0.1) is 0 Å². The van der Waals surface area contributed by atoms with Crippen LogP contribution >= 0.6 is 0 Å². The molecule has 0 spiro atoms. The smallest absolute Gasteiger partial charge is 0.235 e. The maximum atomic E-state index is 11.9. The van der Waals surface area contributed by atoms with Gasteiger partial charge < -0.3 is 10.1 Å². The van der Waals surface area contributed by atoms with Gasteiger partial charge in [-0.15, -0.1) is 0 Å². The Bertz CT molecular complexity index is 647. The molecule has 2 aromatic heterocycles. The van der Waals surface area contributed by atoms with E-state index in [1.807, 2.05) is 6.07 Å². The lowest BCUT2D eigenvalue weighted by atomic mass is 9.94. The van der Waals surface area contributed by atoms with E-state index in [0.717, 1.165) is 11.2 Å². The number of nitrogen functional groups attached to an aromatic ring is 1.